The first-order valence-electron chi connectivity index (χ1n) is 5.65. The lowest BCUT2D eigenvalue weighted by Gasteiger charge is -2.09. The van der Waals surface area contributed by atoms with E-state index in [0.29, 0.717) is 11.1 Å². The van der Waals surface area contributed by atoms with Crippen LogP contribution < -0.4 is 4.72 Å². The summed E-state index contributed by atoms with van der Waals surface area (Å²) >= 11 is 0. The minimum atomic E-state index is -3.61. The maximum atomic E-state index is 12.2. The van der Waals surface area contributed by atoms with Gasteiger partial charge in [-0.15, -0.1) is 0 Å². The Balaban J connectivity index is 2.27. The molecule has 0 saturated heterocycles. The first-order valence-corrected chi connectivity index (χ1v) is 7.13. The number of sulfonamides is 1. The number of nitrogens with zero attached hydrogens (tertiary/aromatic N) is 1. The highest BCUT2D eigenvalue weighted by molar-refractivity contribution is 7.89. The number of rotatable bonds is 4. The Bertz CT molecular complexity index is 713. The standard InChI is InChI=1S/C13H13N3O2S/c1-10-2-3-11(7-14)6-13(10)19(17,18)16-9-12-4-5-15-8-12/h2-6,8,15-16H,9H2,1H3. The molecular formula is C13H13N3O2S. The molecule has 5 nitrogen and oxygen atoms in total. The number of H-pyrrole nitrogens is 1. The van der Waals surface area contributed by atoms with E-state index in [0.717, 1.165) is 5.56 Å². The average molecular weight is 275 g/mol. The number of aryl methyl sites for hydroxylation is 1. The predicted octanol–water partition coefficient (Wildman–Crippen LogP) is 1.67. The van der Waals surface area contributed by atoms with Crippen LogP contribution in [0, 0.1) is 18.3 Å². The quantitative estimate of drug-likeness (QED) is 0.890. The number of aromatic nitrogens is 1. The van der Waals surface area contributed by atoms with Gasteiger partial charge in [0.25, 0.3) is 0 Å². The van der Waals surface area contributed by atoms with Crippen LogP contribution in [0.1, 0.15) is 16.7 Å². The fourth-order valence-corrected chi connectivity index (χ4v) is 2.97. The van der Waals surface area contributed by atoms with E-state index in [-0.39, 0.29) is 11.4 Å². The third-order valence-corrected chi connectivity index (χ3v) is 4.28. The van der Waals surface area contributed by atoms with E-state index in [1.807, 2.05) is 6.07 Å². The Labute approximate surface area is 111 Å². The number of nitriles is 1. The first kappa shape index (κ1) is 13.3. The van der Waals surface area contributed by atoms with Gasteiger partial charge in [-0.3, -0.25) is 0 Å². The Morgan fingerprint density at radius 1 is 1.37 bits per heavy atom. The summed E-state index contributed by atoms with van der Waals surface area (Å²) < 4.78 is 26.9. The SMILES string of the molecule is Cc1ccc(C#N)cc1S(=O)(=O)NCc1cc[nH]c1. The molecule has 1 heterocycles. The summed E-state index contributed by atoms with van der Waals surface area (Å²) in [4.78, 5) is 3.00. The maximum absolute atomic E-state index is 12.2. The van der Waals surface area contributed by atoms with Crippen molar-refractivity contribution < 1.29 is 8.42 Å². The largest absolute Gasteiger partial charge is 0.367 e. The molecule has 0 radical (unpaired) electrons. The Morgan fingerprint density at radius 2 is 2.16 bits per heavy atom. The number of aromatic amines is 1. The van der Waals surface area contributed by atoms with E-state index in [4.69, 9.17) is 5.26 Å². The molecule has 0 fully saturated rings. The second-order valence-electron chi connectivity index (χ2n) is 4.14. The minimum Gasteiger partial charge on any atom is -0.367 e. The molecule has 2 N–H and O–H groups in total. The highest BCUT2D eigenvalue weighted by Gasteiger charge is 2.17. The van der Waals surface area contributed by atoms with Crippen LogP contribution in [0.3, 0.4) is 0 Å². The highest BCUT2D eigenvalue weighted by Crippen LogP contribution is 2.17. The fraction of sp³-hybridized carbons (Fsp3) is 0.154. The molecule has 0 aliphatic heterocycles. The molecule has 2 aromatic rings. The zero-order valence-corrected chi connectivity index (χ0v) is 11.2. The van der Waals surface area contributed by atoms with Gasteiger partial charge in [-0.05, 0) is 36.2 Å². The molecule has 1 aromatic carbocycles. The maximum Gasteiger partial charge on any atom is 0.241 e. The molecule has 0 saturated carbocycles. The van der Waals surface area contributed by atoms with Crippen LogP contribution in [0.25, 0.3) is 0 Å². The van der Waals surface area contributed by atoms with E-state index in [1.165, 1.54) is 6.07 Å². The van der Waals surface area contributed by atoms with Crippen molar-refractivity contribution in [3.05, 3.63) is 53.3 Å². The van der Waals surface area contributed by atoms with Crippen LogP contribution in [0.2, 0.25) is 0 Å². The summed E-state index contributed by atoms with van der Waals surface area (Å²) in [7, 11) is -3.61. The van der Waals surface area contributed by atoms with Crippen molar-refractivity contribution in [2.75, 3.05) is 0 Å². The van der Waals surface area contributed by atoms with Crippen LogP contribution in [0.4, 0.5) is 0 Å². The van der Waals surface area contributed by atoms with Gasteiger partial charge in [0.2, 0.25) is 10.0 Å². The van der Waals surface area contributed by atoms with Gasteiger partial charge in [0.1, 0.15) is 0 Å². The summed E-state index contributed by atoms with van der Waals surface area (Å²) in [5.41, 5.74) is 1.78. The molecule has 0 atom stereocenters. The van der Waals surface area contributed by atoms with Crippen molar-refractivity contribution in [2.45, 2.75) is 18.4 Å². The summed E-state index contributed by atoms with van der Waals surface area (Å²) in [6, 6.07) is 8.34. The van der Waals surface area contributed by atoms with Crippen molar-refractivity contribution in [3.8, 4) is 6.07 Å². The summed E-state index contributed by atoms with van der Waals surface area (Å²) in [6.07, 6.45) is 3.45. The van der Waals surface area contributed by atoms with E-state index in [2.05, 4.69) is 9.71 Å². The van der Waals surface area contributed by atoms with E-state index in [1.54, 1.807) is 37.5 Å². The zero-order valence-electron chi connectivity index (χ0n) is 10.3. The van der Waals surface area contributed by atoms with Gasteiger partial charge < -0.3 is 4.98 Å². The predicted molar refractivity (Wildman–Crippen MR) is 70.7 cm³/mol. The normalized spacial score (nSPS) is 11.2. The van der Waals surface area contributed by atoms with Crippen molar-refractivity contribution in [3.63, 3.8) is 0 Å². The minimum absolute atomic E-state index is 0.141. The molecule has 0 spiro atoms. The molecule has 2 rings (SSSR count). The lowest BCUT2D eigenvalue weighted by atomic mass is 10.2. The van der Waals surface area contributed by atoms with Gasteiger partial charge in [0.15, 0.2) is 0 Å². The molecule has 1 aromatic heterocycles. The Morgan fingerprint density at radius 3 is 2.79 bits per heavy atom. The van der Waals surface area contributed by atoms with Gasteiger partial charge in [-0.2, -0.15) is 5.26 Å². The average Bonchev–Trinajstić information content (AvgIpc) is 2.90. The van der Waals surface area contributed by atoms with Crippen molar-refractivity contribution in [1.29, 1.82) is 5.26 Å². The third kappa shape index (κ3) is 3.02. The molecule has 0 amide bonds. The van der Waals surface area contributed by atoms with Gasteiger partial charge in [-0.1, -0.05) is 6.07 Å². The van der Waals surface area contributed by atoms with Crippen molar-refractivity contribution in [2.24, 2.45) is 0 Å². The smallest absolute Gasteiger partial charge is 0.241 e. The third-order valence-electron chi connectivity index (χ3n) is 2.74. The van der Waals surface area contributed by atoms with Crippen LogP contribution in [-0.4, -0.2) is 13.4 Å². The second kappa shape index (κ2) is 5.26. The summed E-state index contributed by atoms with van der Waals surface area (Å²) in [5.74, 6) is 0. The Kier molecular flexibility index (Phi) is 3.69. The summed E-state index contributed by atoms with van der Waals surface area (Å²) in [5, 5.41) is 8.83. The number of hydrogen-bond acceptors (Lipinski definition) is 3. The number of benzene rings is 1. The zero-order chi connectivity index (χ0) is 13.9. The van der Waals surface area contributed by atoms with Gasteiger partial charge in [-0.25, -0.2) is 13.1 Å². The summed E-state index contributed by atoms with van der Waals surface area (Å²) in [6.45, 7) is 1.91. The van der Waals surface area contributed by atoms with Crippen molar-refractivity contribution in [1.82, 2.24) is 9.71 Å². The number of nitrogens with one attached hydrogen (secondary N) is 2. The van der Waals surface area contributed by atoms with Gasteiger partial charge in [0.05, 0.1) is 16.5 Å². The lowest BCUT2D eigenvalue weighted by Crippen LogP contribution is -2.23. The van der Waals surface area contributed by atoms with Crippen LogP contribution in [0.5, 0.6) is 0 Å². The molecule has 0 aliphatic carbocycles. The topological polar surface area (TPSA) is 85.8 Å². The van der Waals surface area contributed by atoms with Gasteiger partial charge in [0, 0.05) is 18.9 Å². The molecular weight excluding hydrogens is 262 g/mol. The molecule has 19 heavy (non-hydrogen) atoms. The monoisotopic (exact) mass is 275 g/mol. The second-order valence-corrected chi connectivity index (χ2v) is 5.87. The van der Waals surface area contributed by atoms with Gasteiger partial charge >= 0.3 is 0 Å². The molecule has 0 unspecified atom stereocenters. The van der Waals surface area contributed by atoms with E-state index >= 15 is 0 Å². The lowest BCUT2D eigenvalue weighted by molar-refractivity contribution is 0.580. The van der Waals surface area contributed by atoms with Crippen LogP contribution >= 0.6 is 0 Å². The highest BCUT2D eigenvalue weighted by atomic mass is 32.2. The molecule has 6 heteroatoms. The van der Waals surface area contributed by atoms with Crippen molar-refractivity contribution >= 4 is 10.0 Å². The van der Waals surface area contributed by atoms with Crippen LogP contribution in [0.15, 0.2) is 41.6 Å². The van der Waals surface area contributed by atoms with Crippen LogP contribution in [-0.2, 0) is 16.6 Å². The molecule has 98 valence electrons. The fourth-order valence-electron chi connectivity index (χ4n) is 1.68. The molecule has 0 bridgehead atoms. The van der Waals surface area contributed by atoms with E-state index in [9.17, 15) is 8.42 Å². The molecule has 0 aliphatic rings. The van der Waals surface area contributed by atoms with E-state index < -0.39 is 10.0 Å². The first-order chi connectivity index (χ1) is 9.03. The number of hydrogen-bond donors (Lipinski definition) is 2. The Hall–Kier alpha value is -2.10.